The minimum absolute atomic E-state index is 0.170. The van der Waals surface area contributed by atoms with Gasteiger partial charge in [-0.15, -0.1) is 0 Å². The number of nitrogens with zero attached hydrogens (tertiary/aromatic N) is 2. The molecule has 98 valence electrons. The highest BCUT2D eigenvalue weighted by atomic mass is 16.4. The van der Waals surface area contributed by atoms with E-state index in [4.69, 9.17) is 5.11 Å². The molecule has 0 aromatic carbocycles. The number of aliphatic carboxylic acids is 1. The summed E-state index contributed by atoms with van der Waals surface area (Å²) in [6.45, 7) is 3.46. The third kappa shape index (κ3) is 2.85. The van der Waals surface area contributed by atoms with Crippen molar-refractivity contribution in [2.24, 2.45) is 0 Å². The summed E-state index contributed by atoms with van der Waals surface area (Å²) in [5.74, 6) is -0.711. The Morgan fingerprint density at radius 3 is 2.63 bits per heavy atom. The number of aromatic nitrogens is 3. The lowest BCUT2D eigenvalue weighted by atomic mass is 10.1. The summed E-state index contributed by atoms with van der Waals surface area (Å²) < 4.78 is 0. The Bertz CT molecular complexity index is 692. The summed E-state index contributed by atoms with van der Waals surface area (Å²) in [5.41, 5.74) is 1.51. The molecule has 0 saturated heterocycles. The van der Waals surface area contributed by atoms with Crippen LogP contribution in [0.15, 0.2) is 23.0 Å². The summed E-state index contributed by atoms with van der Waals surface area (Å²) >= 11 is 0. The van der Waals surface area contributed by atoms with E-state index in [2.05, 4.69) is 15.0 Å². The van der Waals surface area contributed by atoms with Crippen LogP contribution in [0.25, 0.3) is 11.5 Å². The van der Waals surface area contributed by atoms with Gasteiger partial charge in [-0.3, -0.25) is 9.59 Å². The monoisotopic (exact) mass is 259 g/mol. The number of carboxylic acid groups (broad SMARTS) is 1. The van der Waals surface area contributed by atoms with Gasteiger partial charge in [-0.25, -0.2) is 9.97 Å². The van der Waals surface area contributed by atoms with Crippen LogP contribution in [0.5, 0.6) is 0 Å². The molecule has 0 radical (unpaired) electrons. The van der Waals surface area contributed by atoms with Crippen LogP contribution >= 0.6 is 0 Å². The summed E-state index contributed by atoms with van der Waals surface area (Å²) in [6.07, 6.45) is -0.338. The van der Waals surface area contributed by atoms with Gasteiger partial charge in [-0.05, 0) is 26.0 Å². The van der Waals surface area contributed by atoms with Crippen LogP contribution < -0.4 is 5.56 Å². The number of nitrogens with one attached hydrogen (secondary N) is 1. The SMILES string of the molecule is Cc1cccc(-c2nc(C)c(CC(=O)O)c(=O)[nH]2)n1. The van der Waals surface area contributed by atoms with Gasteiger partial charge in [0, 0.05) is 17.0 Å². The predicted molar refractivity (Wildman–Crippen MR) is 68.9 cm³/mol. The zero-order valence-corrected chi connectivity index (χ0v) is 10.6. The molecule has 6 heteroatoms. The molecule has 0 spiro atoms. The number of hydrogen-bond donors (Lipinski definition) is 2. The number of H-pyrrole nitrogens is 1. The molecule has 19 heavy (non-hydrogen) atoms. The summed E-state index contributed by atoms with van der Waals surface area (Å²) in [4.78, 5) is 33.6. The number of aryl methyl sites for hydroxylation is 2. The fourth-order valence-corrected chi connectivity index (χ4v) is 1.77. The molecular formula is C13H13N3O3. The smallest absolute Gasteiger partial charge is 0.308 e. The van der Waals surface area contributed by atoms with Gasteiger partial charge in [0.15, 0.2) is 5.82 Å². The maximum Gasteiger partial charge on any atom is 0.308 e. The Balaban J connectivity index is 2.51. The summed E-state index contributed by atoms with van der Waals surface area (Å²) in [5, 5.41) is 8.75. The second-order valence-electron chi connectivity index (χ2n) is 4.21. The first kappa shape index (κ1) is 12.9. The Morgan fingerprint density at radius 1 is 1.32 bits per heavy atom. The Hall–Kier alpha value is -2.50. The van der Waals surface area contributed by atoms with Crippen molar-refractivity contribution in [3.8, 4) is 11.5 Å². The van der Waals surface area contributed by atoms with Crippen molar-refractivity contribution in [2.75, 3.05) is 0 Å². The maximum atomic E-state index is 11.9. The van der Waals surface area contributed by atoms with Crippen molar-refractivity contribution in [1.29, 1.82) is 0 Å². The van der Waals surface area contributed by atoms with E-state index >= 15 is 0 Å². The van der Waals surface area contributed by atoms with Crippen molar-refractivity contribution in [1.82, 2.24) is 15.0 Å². The minimum Gasteiger partial charge on any atom is -0.481 e. The van der Waals surface area contributed by atoms with Crippen molar-refractivity contribution in [2.45, 2.75) is 20.3 Å². The fraction of sp³-hybridized carbons (Fsp3) is 0.231. The lowest BCUT2D eigenvalue weighted by Crippen LogP contribution is -2.20. The zero-order chi connectivity index (χ0) is 14.0. The molecule has 2 aromatic heterocycles. The number of carbonyl (C=O) groups is 1. The molecule has 0 atom stereocenters. The van der Waals surface area contributed by atoms with E-state index in [1.54, 1.807) is 13.0 Å². The number of aromatic amines is 1. The zero-order valence-electron chi connectivity index (χ0n) is 10.6. The van der Waals surface area contributed by atoms with Gasteiger partial charge >= 0.3 is 5.97 Å². The average molecular weight is 259 g/mol. The molecule has 6 nitrogen and oxygen atoms in total. The van der Waals surface area contributed by atoms with E-state index in [1.165, 1.54) is 0 Å². The third-order valence-corrected chi connectivity index (χ3v) is 2.68. The van der Waals surface area contributed by atoms with Gasteiger partial charge in [0.25, 0.3) is 5.56 Å². The van der Waals surface area contributed by atoms with Gasteiger partial charge in [0.2, 0.25) is 0 Å². The lowest BCUT2D eigenvalue weighted by Gasteiger charge is -2.05. The van der Waals surface area contributed by atoms with E-state index in [0.717, 1.165) is 5.69 Å². The first-order valence-corrected chi connectivity index (χ1v) is 5.73. The van der Waals surface area contributed by atoms with Gasteiger partial charge < -0.3 is 10.1 Å². The molecule has 0 aliphatic heterocycles. The number of carboxylic acids is 1. The molecule has 0 aliphatic carbocycles. The largest absolute Gasteiger partial charge is 0.481 e. The van der Waals surface area contributed by atoms with E-state index < -0.39 is 11.5 Å². The molecule has 2 N–H and O–H groups in total. The van der Waals surface area contributed by atoms with Crippen molar-refractivity contribution < 1.29 is 9.90 Å². The van der Waals surface area contributed by atoms with Crippen LogP contribution in [0.1, 0.15) is 17.0 Å². The third-order valence-electron chi connectivity index (χ3n) is 2.68. The van der Waals surface area contributed by atoms with Crippen LogP contribution in [0.2, 0.25) is 0 Å². The lowest BCUT2D eigenvalue weighted by molar-refractivity contribution is -0.136. The first-order chi connectivity index (χ1) is 8.97. The maximum absolute atomic E-state index is 11.9. The molecule has 0 unspecified atom stereocenters. The Kier molecular flexibility index (Phi) is 3.41. The topological polar surface area (TPSA) is 95.9 Å². The summed E-state index contributed by atoms with van der Waals surface area (Å²) in [6, 6.07) is 5.40. The fourth-order valence-electron chi connectivity index (χ4n) is 1.77. The molecule has 0 amide bonds. The Labute approximate surface area is 109 Å². The van der Waals surface area contributed by atoms with Crippen molar-refractivity contribution in [3.05, 3.63) is 45.5 Å². The normalized spacial score (nSPS) is 10.4. The molecule has 2 heterocycles. The molecule has 2 rings (SSSR count). The highest BCUT2D eigenvalue weighted by molar-refractivity contribution is 5.70. The van der Waals surface area contributed by atoms with Gasteiger partial charge in [0.1, 0.15) is 5.69 Å². The van der Waals surface area contributed by atoms with Gasteiger partial charge in [-0.2, -0.15) is 0 Å². The highest BCUT2D eigenvalue weighted by Crippen LogP contribution is 2.12. The van der Waals surface area contributed by atoms with E-state index in [1.807, 2.05) is 19.1 Å². The molecule has 0 saturated carbocycles. The van der Waals surface area contributed by atoms with Crippen LogP contribution in [-0.2, 0) is 11.2 Å². The Morgan fingerprint density at radius 2 is 2.05 bits per heavy atom. The van der Waals surface area contributed by atoms with Gasteiger partial charge in [0.05, 0.1) is 6.42 Å². The quantitative estimate of drug-likeness (QED) is 0.859. The second kappa shape index (κ2) is 5.01. The number of pyridine rings is 1. The van der Waals surface area contributed by atoms with E-state index in [0.29, 0.717) is 17.2 Å². The van der Waals surface area contributed by atoms with Crippen molar-refractivity contribution >= 4 is 5.97 Å². The highest BCUT2D eigenvalue weighted by Gasteiger charge is 2.13. The number of rotatable bonds is 3. The summed E-state index contributed by atoms with van der Waals surface area (Å²) in [7, 11) is 0. The van der Waals surface area contributed by atoms with E-state index in [-0.39, 0.29) is 12.0 Å². The first-order valence-electron chi connectivity index (χ1n) is 5.73. The van der Waals surface area contributed by atoms with Gasteiger partial charge in [-0.1, -0.05) is 6.07 Å². The van der Waals surface area contributed by atoms with Crippen LogP contribution in [0.4, 0.5) is 0 Å². The predicted octanol–water partition coefficient (Wildman–Crippen LogP) is 1.08. The van der Waals surface area contributed by atoms with E-state index in [9.17, 15) is 9.59 Å². The molecule has 0 bridgehead atoms. The molecular weight excluding hydrogens is 246 g/mol. The molecule has 0 fully saturated rings. The standard InChI is InChI=1S/C13H13N3O3/c1-7-4-3-5-10(14-7)12-15-8(2)9(6-11(17)18)13(19)16-12/h3-5H,6H2,1-2H3,(H,17,18)(H,15,16,19). The average Bonchev–Trinajstić information content (AvgIpc) is 2.33. The second-order valence-corrected chi connectivity index (χ2v) is 4.21. The van der Waals surface area contributed by atoms with Crippen molar-refractivity contribution in [3.63, 3.8) is 0 Å². The van der Waals surface area contributed by atoms with Crippen LogP contribution in [0.3, 0.4) is 0 Å². The molecule has 2 aromatic rings. The van der Waals surface area contributed by atoms with Crippen LogP contribution in [-0.4, -0.2) is 26.0 Å². The minimum atomic E-state index is -1.06. The van der Waals surface area contributed by atoms with Crippen LogP contribution in [0, 0.1) is 13.8 Å². The number of hydrogen-bond acceptors (Lipinski definition) is 4. The molecule has 0 aliphatic rings.